The Kier molecular flexibility index (Phi) is 8.65. The number of rotatable bonds is 8. The summed E-state index contributed by atoms with van der Waals surface area (Å²) in [5, 5.41) is 5.93. The number of amides is 2. The van der Waals surface area contributed by atoms with E-state index in [4.69, 9.17) is 0 Å². The number of nitrogens with zero attached hydrogens (tertiary/aromatic N) is 3. The SMILES string of the molecule is C=CCSc1ncccc1C(=O)N1CCC(c2nc(C(=O)NCc3ccc(C(F)(F)F)cc3)cs2)CC1. The maximum atomic E-state index is 13.1. The fourth-order valence-corrected chi connectivity index (χ4v) is 5.66. The smallest absolute Gasteiger partial charge is 0.347 e. The number of carbonyl (C=O) groups is 2. The summed E-state index contributed by atoms with van der Waals surface area (Å²) < 4.78 is 38.1. The topological polar surface area (TPSA) is 75.2 Å². The van der Waals surface area contributed by atoms with Crippen molar-refractivity contribution in [2.45, 2.75) is 36.5 Å². The van der Waals surface area contributed by atoms with Crippen molar-refractivity contribution in [3.8, 4) is 0 Å². The first kappa shape index (κ1) is 26.9. The van der Waals surface area contributed by atoms with Gasteiger partial charge in [-0.15, -0.1) is 29.7 Å². The fourth-order valence-electron chi connectivity index (χ4n) is 3.97. The molecule has 3 heterocycles. The average Bonchev–Trinajstić information content (AvgIpc) is 3.41. The lowest BCUT2D eigenvalue weighted by Crippen LogP contribution is -2.38. The van der Waals surface area contributed by atoms with E-state index in [1.54, 1.807) is 29.8 Å². The minimum atomic E-state index is -4.39. The van der Waals surface area contributed by atoms with E-state index >= 15 is 0 Å². The molecule has 0 spiro atoms. The maximum Gasteiger partial charge on any atom is 0.416 e. The molecule has 194 valence electrons. The number of carbonyl (C=O) groups excluding carboxylic acids is 2. The van der Waals surface area contributed by atoms with Gasteiger partial charge in [-0.3, -0.25) is 9.59 Å². The maximum absolute atomic E-state index is 13.1. The van der Waals surface area contributed by atoms with Crippen LogP contribution in [-0.2, 0) is 12.7 Å². The second kappa shape index (κ2) is 11.9. The van der Waals surface area contributed by atoms with Crippen molar-refractivity contribution in [1.29, 1.82) is 0 Å². The molecule has 3 aromatic rings. The molecule has 0 aliphatic carbocycles. The molecule has 1 aliphatic rings. The van der Waals surface area contributed by atoms with E-state index in [0.717, 1.165) is 30.0 Å². The van der Waals surface area contributed by atoms with Crippen LogP contribution in [0.1, 0.15) is 55.7 Å². The highest BCUT2D eigenvalue weighted by molar-refractivity contribution is 7.99. The molecule has 6 nitrogen and oxygen atoms in total. The second-order valence-corrected chi connectivity index (χ2v) is 10.4. The molecule has 1 aromatic carbocycles. The zero-order valence-corrected chi connectivity index (χ0v) is 21.5. The molecular weight excluding hydrogens is 521 g/mol. The molecule has 0 radical (unpaired) electrons. The number of alkyl halides is 3. The Morgan fingerprint density at radius 3 is 2.59 bits per heavy atom. The number of thioether (sulfide) groups is 1. The van der Waals surface area contributed by atoms with Crippen LogP contribution >= 0.6 is 23.1 Å². The van der Waals surface area contributed by atoms with Crippen LogP contribution in [0.2, 0.25) is 0 Å². The van der Waals surface area contributed by atoms with E-state index in [9.17, 15) is 22.8 Å². The Hall–Kier alpha value is -3.18. The van der Waals surface area contributed by atoms with Crippen molar-refractivity contribution in [2.24, 2.45) is 0 Å². The molecule has 1 N–H and O–H groups in total. The Balaban J connectivity index is 1.30. The Labute approximate surface area is 221 Å². The van der Waals surface area contributed by atoms with Crippen LogP contribution in [0.25, 0.3) is 0 Å². The van der Waals surface area contributed by atoms with Crippen LogP contribution < -0.4 is 5.32 Å². The Morgan fingerprint density at radius 1 is 1.19 bits per heavy atom. The average molecular weight is 547 g/mol. The largest absolute Gasteiger partial charge is 0.416 e. The minimum Gasteiger partial charge on any atom is -0.347 e. The number of nitrogens with one attached hydrogen (secondary N) is 1. The standard InChI is InChI=1S/C26H25F3N4O2S2/c1-2-14-36-24-20(4-3-11-30-24)25(35)33-12-9-18(10-13-33)23-32-21(16-37-23)22(34)31-15-17-5-7-19(8-6-17)26(27,28)29/h2-8,11,16,18H,1,9-10,12-15H2,(H,31,34). The van der Waals surface area contributed by atoms with Gasteiger partial charge in [0, 0.05) is 42.9 Å². The third-order valence-electron chi connectivity index (χ3n) is 5.96. The Morgan fingerprint density at radius 2 is 1.92 bits per heavy atom. The van der Waals surface area contributed by atoms with Gasteiger partial charge in [0.05, 0.1) is 16.1 Å². The zero-order chi connectivity index (χ0) is 26.4. The van der Waals surface area contributed by atoms with Gasteiger partial charge in [-0.1, -0.05) is 18.2 Å². The number of pyridine rings is 1. The van der Waals surface area contributed by atoms with E-state index in [2.05, 4.69) is 21.9 Å². The van der Waals surface area contributed by atoms with E-state index < -0.39 is 11.7 Å². The van der Waals surface area contributed by atoms with Crippen molar-refractivity contribution in [3.63, 3.8) is 0 Å². The highest BCUT2D eigenvalue weighted by Gasteiger charge is 2.30. The number of halogens is 3. The molecule has 11 heteroatoms. The highest BCUT2D eigenvalue weighted by Crippen LogP contribution is 2.32. The van der Waals surface area contributed by atoms with Crippen molar-refractivity contribution in [2.75, 3.05) is 18.8 Å². The molecule has 2 aromatic heterocycles. The summed E-state index contributed by atoms with van der Waals surface area (Å²) in [5.41, 5.74) is 0.708. The summed E-state index contributed by atoms with van der Waals surface area (Å²) in [6, 6.07) is 8.24. The van der Waals surface area contributed by atoms with E-state index in [-0.39, 0.29) is 30.0 Å². The molecule has 0 bridgehead atoms. The van der Waals surface area contributed by atoms with Crippen LogP contribution in [0, 0.1) is 0 Å². The summed E-state index contributed by atoms with van der Waals surface area (Å²) in [5.74, 6) is 0.398. The lowest BCUT2D eigenvalue weighted by Gasteiger charge is -2.31. The van der Waals surface area contributed by atoms with Crippen molar-refractivity contribution in [1.82, 2.24) is 20.2 Å². The van der Waals surface area contributed by atoms with Crippen LogP contribution in [0.5, 0.6) is 0 Å². The first-order valence-electron chi connectivity index (χ1n) is 11.6. The van der Waals surface area contributed by atoms with Gasteiger partial charge in [-0.05, 0) is 42.7 Å². The first-order valence-corrected chi connectivity index (χ1v) is 13.5. The van der Waals surface area contributed by atoms with Gasteiger partial charge in [-0.25, -0.2) is 9.97 Å². The summed E-state index contributed by atoms with van der Waals surface area (Å²) >= 11 is 2.88. The lowest BCUT2D eigenvalue weighted by molar-refractivity contribution is -0.137. The molecule has 0 unspecified atom stereocenters. The number of hydrogen-bond acceptors (Lipinski definition) is 6. The van der Waals surface area contributed by atoms with Gasteiger partial charge < -0.3 is 10.2 Å². The zero-order valence-electron chi connectivity index (χ0n) is 19.8. The number of thiazole rings is 1. The van der Waals surface area contributed by atoms with Crippen LogP contribution in [0.15, 0.2) is 65.7 Å². The van der Waals surface area contributed by atoms with Gasteiger partial charge in [-0.2, -0.15) is 13.2 Å². The number of benzene rings is 1. The second-order valence-electron chi connectivity index (χ2n) is 8.47. The molecular formula is C26H25F3N4O2S2. The summed E-state index contributed by atoms with van der Waals surface area (Å²) in [6.45, 7) is 4.98. The first-order chi connectivity index (χ1) is 17.8. The predicted octanol–water partition coefficient (Wildman–Crippen LogP) is 5.78. The van der Waals surface area contributed by atoms with E-state index in [0.29, 0.717) is 35.0 Å². The van der Waals surface area contributed by atoms with Gasteiger partial charge in [0.15, 0.2) is 0 Å². The molecule has 4 rings (SSSR count). The fraction of sp³-hybridized carbons (Fsp3) is 0.308. The predicted molar refractivity (Wildman–Crippen MR) is 138 cm³/mol. The number of piperidine rings is 1. The van der Waals surface area contributed by atoms with Crippen LogP contribution in [-0.4, -0.2) is 45.5 Å². The molecule has 37 heavy (non-hydrogen) atoms. The number of likely N-dealkylation sites (tertiary alicyclic amines) is 1. The van der Waals surface area contributed by atoms with Crippen LogP contribution in [0.3, 0.4) is 0 Å². The van der Waals surface area contributed by atoms with Gasteiger partial charge in [0.1, 0.15) is 10.7 Å². The molecule has 0 atom stereocenters. The molecule has 1 fully saturated rings. The number of aromatic nitrogens is 2. The quantitative estimate of drug-likeness (QED) is 0.286. The molecule has 1 aliphatic heterocycles. The van der Waals surface area contributed by atoms with Gasteiger partial charge in [0.25, 0.3) is 11.8 Å². The van der Waals surface area contributed by atoms with E-state index in [1.165, 1.54) is 35.2 Å². The van der Waals surface area contributed by atoms with Crippen molar-refractivity contribution in [3.05, 3.63) is 88.0 Å². The molecule has 1 saturated heterocycles. The summed E-state index contributed by atoms with van der Waals surface area (Å²) in [6.07, 6.45) is 0.529. The molecule has 0 saturated carbocycles. The third-order valence-corrected chi connectivity index (χ3v) is 7.97. The van der Waals surface area contributed by atoms with Gasteiger partial charge in [0.2, 0.25) is 0 Å². The van der Waals surface area contributed by atoms with Crippen molar-refractivity contribution < 1.29 is 22.8 Å². The molecule has 2 amide bonds. The summed E-state index contributed by atoms with van der Waals surface area (Å²) in [4.78, 5) is 36.3. The van der Waals surface area contributed by atoms with Gasteiger partial charge >= 0.3 is 6.18 Å². The van der Waals surface area contributed by atoms with E-state index in [1.807, 2.05) is 4.90 Å². The monoisotopic (exact) mass is 546 g/mol. The number of hydrogen-bond donors (Lipinski definition) is 1. The highest BCUT2D eigenvalue weighted by atomic mass is 32.2. The van der Waals surface area contributed by atoms with Crippen LogP contribution in [0.4, 0.5) is 13.2 Å². The third kappa shape index (κ3) is 6.78. The Bertz CT molecular complexity index is 1250. The van der Waals surface area contributed by atoms with Crippen molar-refractivity contribution >= 4 is 34.9 Å². The normalized spacial score (nSPS) is 14.4. The minimum absolute atomic E-state index is 0.0411. The summed E-state index contributed by atoms with van der Waals surface area (Å²) in [7, 11) is 0. The lowest BCUT2D eigenvalue weighted by atomic mass is 9.97.